The molecule has 3 nitrogen and oxygen atoms in total. The molecule has 2 rings (SSSR count). The Balaban J connectivity index is 2.53. The number of hydrogen-bond donors (Lipinski definition) is 1. The van der Waals surface area contributed by atoms with Crippen LogP contribution in [0.3, 0.4) is 0 Å². The molecular weight excluding hydrogens is 309 g/mol. The van der Waals surface area contributed by atoms with Crippen molar-refractivity contribution < 1.29 is 14.0 Å². The maximum Gasteiger partial charge on any atom is 0.217 e. The predicted molar refractivity (Wildman–Crippen MR) is 85.6 cm³/mol. The molecule has 1 aromatic rings. The molecule has 1 aliphatic rings. The largest absolute Gasteiger partial charge is 0.345 e. The first-order chi connectivity index (χ1) is 10.0. The number of benzene rings is 1. The zero-order valence-corrected chi connectivity index (χ0v) is 13.4. The van der Waals surface area contributed by atoms with Crippen LogP contribution in [0, 0.1) is 5.82 Å². The maximum absolute atomic E-state index is 14.1. The summed E-state index contributed by atoms with van der Waals surface area (Å²) in [6.07, 6.45) is 0. The molecule has 1 saturated heterocycles. The summed E-state index contributed by atoms with van der Waals surface area (Å²) in [5.41, 5.74) is 0.793. The molecule has 1 fully saturated rings. The number of hydrogen-bond acceptors (Lipinski definition) is 4. The Kier molecular flexibility index (Phi) is 5.47. The first-order valence-electron chi connectivity index (χ1n) is 6.53. The normalized spacial score (nSPS) is 15.7. The maximum atomic E-state index is 14.1. The summed E-state index contributed by atoms with van der Waals surface area (Å²) in [4.78, 5) is 23.6. The fourth-order valence-electron chi connectivity index (χ4n) is 2.15. The van der Waals surface area contributed by atoms with Gasteiger partial charge < -0.3 is 5.32 Å². The quantitative estimate of drug-likeness (QED) is 0.863. The van der Waals surface area contributed by atoms with E-state index in [1.165, 1.54) is 19.9 Å². The van der Waals surface area contributed by atoms with E-state index in [2.05, 4.69) is 5.32 Å². The van der Waals surface area contributed by atoms with Gasteiger partial charge in [-0.25, -0.2) is 4.39 Å². The van der Waals surface area contributed by atoms with Gasteiger partial charge in [-0.3, -0.25) is 9.59 Å². The average molecular weight is 325 g/mol. The second-order valence-electron chi connectivity index (χ2n) is 4.61. The summed E-state index contributed by atoms with van der Waals surface area (Å²) >= 11 is 3.17. The minimum absolute atomic E-state index is 0.145. The lowest BCUT2D eigenvalue weighted by atomic mass is 9.96. The van der Waals surface area contributed by atoms with E-state index in [9.17, 15) is 14.0 Å². The minimum atomic E-state index is -0.741. The molecule has 0 radical (unpaired) electrons. The highest BCUT2D eigenvalue weighted by Gasteiger charge is 2.28. The van der Waals surface area contributed by atoms with Crippen molar-refractivity contribution in [1.82, 2.24) is 5.32 Å². The van der Waals surface area contributed by atoms with Gasteiger partial charge in [-0.05, 0) is 13.0 Å². The molecule has 0 aliphatic carbocycles. The highest BCUT2D eigenvalue weighted by Crippen LogP contribution is 2.42. The molecule has 112 valence electrons. The minimum Gasteiger partial charge on any atom is -0.345 e. The van der Waals surface area contributed by atoms with Crippen molar-refractivity contribution in [2.75, 3.05) is 11.5 Å². The van der Waals surface area contributed by atoms with Crippen LogP contribution >= 0.6 is 23.5 Å². The van der Waals surface area contributed by atoms with E-state index in [4.69, 9.17) is 0 Å². The highest BCUT2D eigenvalue weighted by atomic mass is 32.2. The van der Waals surface area contributed by atoms with Gasteiger partial charge in [0.05, 0.1) is 6.04 Å². The Morgan fingerprint density at radius 1 is 1.19 bits per heavy atom. The molecule has 1 unspecified atom stereocenters. The van der Waals surface area contributed by atoms with Crippen LogP contribution in [0.1, 0.15) is 25.5 Å². The van der Waals surface area contributed by atoms with Gasteiger partial charge in [0.15, 0.2) is 5.78 Å². The monoisotopic (exact) mass is 325 g/mol. The number of rotatable bonds is 4. The predicted octanol–water partition coefficient (Wildman–Crippen LogP) is 3.28. The lowest BCUT2D eigenvalue weighted by molar-refractivity contribution is -0.119. The summed E-state index contributed by atoms with van der Waals surface area (Å²) in [5, 5.41) is 2.71. The summed E-state index contributed by atoms with van der Waals surface area (Å²) < 4.78 is 15.0. The van der Waals surface area contributed by atoms with Crippen LogP contribution in [-0.2, 0) is 9.59 Å². The highest BCUT2D eigenvalue weighted by molar-refractivity contribution is 8.25. The third kappa shape index (κ3) is 3.89. The van der Waals surface area contributed by atoms with Gasteiger partial charge in [0.1, 0.15) is 5.82 Å². The van der Waals surface area contributed by atoms with Crippen molar-refractivity contribution in [2.45, 2.75) is 19.9 Å². The van der Waals surface area contributed by atoms with E-state index >= 15 is 0 Å². The zero-order valence-electron chi connectivity index (χ0n) is 11.8. The SMILES string of the molecule is CC(=O)NC(C(C(C)=O)=C1SCCS1)c1ccccc1F. The van der Waals surface area contributed by atoms with Crippen molar-refractivity contribution in [3.8, 4) is 0 Å². The van der Waals surface area contributed by atoms with Crippen LogP contribution < -0.4 is 5.32 Å². The standard InChI is InChI=1S/C15H16FNO2S2/c1-9(18)13(15-20-7-8-21-15)14(17-10(2)19)11-5-3-4-6-12(11)16/h3-6,14H,7-8H2,1-2H3,(H,17,19). The Hall–Kier alpha value is -1.27. The smallest absolute Gasteiger partial charge is 0.217 e. The van der Waals surface area contributed by atoms with Crippen LogP contribution in [0.4, 0.5) is 4.39 Å². The molecule has 0 aromatic heterocycles. The van der Waals surface area contributed by atoms with Gasteiger partial charge in [-0.2, -0.15) is 0 Å². The Bertz CT molecular complexity index is 593. The Labute approximate surface area is 131 Å². The number of halogens is 1. The van der Waals surface area contributed by atoms with E-state index in [0.717, 1.165) is 15.7 Å². The zero-order chi connectivity index (χ0) is 15.4. The molecule has 1 amide bonds. The molecule has 1 atom stereocenters. The fourth-order valence-corrected chi connectivity index (χ4v) is 4.85. The number of carbonyl (C=O) groups excluding carboxylic acids is 2. The molecule has 0 spiro atoms. The van der Waals surface area contributed by atoms with Gasteiger partial charge >= 0.3 is 0 Å². The van der Waals surface area contributed by atoms with Crippen LogP contribution in [0.5, 0.6) is 0 Å². The van der Waals surface area contributed by atoms with Gasteiger partial charge in [0.25, 0.3) is 0 Å². The molecule has 1 aliphatic heterocycles. The van der Waals surface area contributed by atoms with E-state index < -0.39 is 11.9 Å². The van der Waals surface area contributed by atoms with Gasteiger partial charge in [0.2, 0.25) is 5.91 Å². The first kappa shape index (κ1) is 16.1. The van der Waals surface area contributed by atoms with E-state index in [0.29, 0.717) is 11.1 Å². The number of Topliss-reactive ketones (excluding diaryl/α,β-unsaturated/α-hetero) is 1. The summed E-state index contributed by atoms with van der Waals surface area (Å²) in [5.74, 6) is 0.968. The Morgan fingerprint density at radius 3 is 2.33 bits per heavy atom. The molecule has 0 bridgehead atoms. The average Bonchev–Trinajstić information content (AvgIpc) is 2.91. The molecule has 6 heteroatoms. The number of amides is 1. The molecular formula is C15H16FNO2S2. The third-order valence-electron chi connectivity index (χ3n) is 3.00. The second kappa shape index (κ2) is 7.13. The van der Waals surface area contributed by atoms with E-state index in [1.807, 2.05) is 0 Å². The summed E-state index contributed by atoms with van der Waals surface area (Å²) in [6.45, 7) is 2.82. The molecule has 1 aromatic carbocycles. The van der Waals surface area contributed by atoms with Gasteiger partial charge in [-0.15, -0.1) is 23.5 Å². The van der Waals surface area contributed by atoms with Crippen molar-refractivity contribution in [3.63, 3.8) is 0 Å². The molecule has 1 N–H and O–H groups in total. The lowest BCUT2D eigenvalue weighted by Gasteiger charge is -2.22. The second-order valence-corrected chi connectivity index (χ2v) is 7.08. The van der Waals surface area contributed by atoms with E-state index in [1.54, 1.807) is 41.7 Å². The van der Waals surface area contributed by atoms with Crippen molar-refractivity contribution in [2.24, 2.45) is 0 Å². The Morgan fingerprint density at radius 2 is 1.81 bits per heavy atom. The lowest BCUT2D eigenvalue weighted by Crippen LogP contribution is -2.30. The van der Waals surface area contributed by atoms with Crippen molar-refractivity contribution in [1.29, 1.82) is 0 Å². The van der Waals surface area contributed by atoms with Gasteiger partial charge in [-0.1, -0.05) is 18.2 Å². The fraction of sp³-hybridized carbons (Fsp3) is 0.333. The number of ketones is 1. The number of carbonyl (C=O) groups is 2. The molecule has 0 saturated carbocycles. The summed E-state index contributed by atoms with van der Waals surface area (Å²) in [6, 6.07) is 5.48. The van der Waals surface area contributed by atoms with E-state index in [-0.39, 0.29) is 11.7 Å². The van der Waals surface area contributed by atoms with Crippen molar-refractivity contribution >= 4 is 35.2 Å². The van der Waals surface area contributed by atoms with Crippen LogP contribution in [0.15, 0.2) is 34.1 Å². The third-order valence-corrected chi connectivity index (χ3v) is 5.75. The number of nitrogens with one attached hydrogen (secondary N) is 1. The van der Waals surface area contributed by atoms with Crippen LogP contribution in [-0.4, -0.2) is 23.2 Å². The van der Waals surface area contributed by atoms with Gasteiger partial charge in [0, 0.05) is 33.8 Å². The summed E-state index contributed by atoms with van der Waals surface area (Å²) in [7, 11) is 0. The van der Waals surface area contributed by atoms with Crippen molar-refractivity contribution in [3.05, 3.63) is 45.5 Å². The van der Waals surface area contributed by atoms with Crippen LogP contribution in [0.2, 0.25) is 0 Å². The topological polar surface area (TPSA) is 46.2 Å². The van der Waals surface area contributed by atoms with Crippen LogP contribution in [0.25, 0.3) is 0 Å². The molecule has 21 heavy (non-hydrogen) atoms. The molecule has 1 heterocycles. The first-order valence-corrected chi connectivity index (χ1v) is 8.50. The number of thioether (sulfide) groups is 2.